The van der Waals surface area contributed by atoms with Gasteiger partial charge in [-0.3, -0.25) is 0 Å². The Morgan fingerprint density at radius 1 is 0.500 bits per heavy atom. The van der Waals surface area contributed by atoms with Crippen LogP contribution in [0.1, 0.15) is 54.9 Å². The van der Waals surface area contributed by atoms with Gasteiger partial charge in [0.2, 0.25) is 0 Å². The molecule has 0 rings (SSSR count). The summed E-state index contributed by atoms with van der Waals surface area (Å²) in [5.74, 6) is 0. The van der Waals surface area contributed by atoms with Gasteiger partial charge in [0.15, 0.2) is 0 Å². The number of ether oxygens (including phenoxy) is 5. The quantitative estimate of drug-likeness (QED) is 0.117. The summed E-state index contributed by atoms with van der Waals surface area (Å²) in [6, 6.07) is 0. The molecule has 0 aromatic rings. The molecule has 216 valence electrons. The van der Waals surface area contributed by atoms with Gasteiger partial charge < -0.3 is 53.0 Å². The maximum Gasteiger partial charge on any atom is 0.639 e. The molecule has 0 aliphatic rings. The molecule has 36 heavy (non-hydrogen) atoms. The van der Waals surface area contributed by atoms with Crippen LogP contribution in [0.25, 0.3) is 0 Å². The normalized spacial score (nSPS) is 17.8. The van der Waals surface area contributed by atoms with Gasteiger partial charge in [0.05, 0.1) is 89.0 Å². The molecule has 3 N–H and O–H groups in total. The first-order valence-electron chi connectivity index (χ1n) is 12.9. The summed E-state index contributed by atoms with van der Waals surface area (Å²) < 4.78 is 45.4. The van der Waals surface area contributed by atoms with E-state index in [0.717, 1.165) is 0 Å². The smallest absolute Gasteiger partial charge is 0.396 e. The summed E-state index contributed by atoms with van der Waals surface area (Å²) in [5.41, 5.74) is 0. The van der Waals surface area contributed by atoms with Crippen LogP contribution in [0.4, 0.5) is 0 Å². The fourth-order valence-electron chi connectivity index (χ4n) is 2.58. The highest BCUT2D eigenvalue weighted by atomic mass is 16.7. The zero-order valence-corrected chi connectivity index (χ0v) is 23.3. The summed E-state index contributed by atoms with van der Waals surface area (Å²) in [5, 5.41) is 27.5. The highest BCUT2D eigenvalue weighted by Gasteiger charge is 2.25. The second kappa shape index (κ2) is 22.6. The van der Waals surface area contributed by atoms with Crippen LogP contribution >= 0.6 is 0 Å². The van der Waals surface area contributed by atoms with Crippen LogP contribution < -0.4 is 0 Å². The predicted octanol–water partition coefficient (Wildman–Crippen LogP) is 1.19. The summed E-state index contributed by atoms with van der Waals surface area (Å²) >= 11 is 0. The molecule has 0 saturated carbocycles. The van der Waals surface area contributed by atoms with Gasteiger partial charge in [-0.15, -0.1) is 0 Å². The molecule has 0 heterocycles. The van der Waals surface area contributed by atoms with Crippen molar-refractivity contribution < 1.29 is 53.0 Å². The van der Waals surface area contributed by atoms with Gasteiger partial charge in [-0.05, 0) is 54.9 Å². The molecule has 0 aliphatic carbocycles. The van der Waals surface area contributed by atoms with Gasteiger partial charge in [-0.1, -0.05) is 0 Å². The van der Waals surface area contributed by atoms with Crippen molar-refractivity contribution in [1.29, 1.82) is 0 Å². The highest BCUT2D eigenvalue weighted by molar-refractivity contribution is 6.36. The minimum Gasteiger partial charge on any atom is -0.396 e. The Morgan fingerprint density at radius 3 is 1.19 bits per heavy atom. The molecule has 0 bridgehead atoms. The Bertz CT molecular complexity index is 455. The Morgan fingerprint density at radius 2 is 0.833 bits per heavy atom. The van der Waals surface area contributed by atoms with E-state index in [1.54, 1.807) is 13.8 Å². The van der Waals surface area contributed by atoms with Gasteiger partial charge in [0.25, 0.3) is 0 Å². The maximum absolute atomic E-state index is 9.31. The lowest BCUT2D eigenvalue weighted by Crippen LogP contribution is -2.36. The Hall–Kier alpha value is -0.375. The minimum absolute atomic E-state index is 0.0730. The van der Waals surface area contributed by atoms with Crippen molar-refractivity contribution in [1.82, 2.24) is 0 Å². The molecule has 0 aromatic heterocycles. The number of aliphatic hydroxyl groups is 3. The third-order valence-electron chi connectivity index (χ3n) is 4.58. The molecular formula is C24H51BO11. The molecule has 0 fully saturated rings. The molecule has 7 atom stereocenters. The largest absolute Gasteiger partial charge is 0.639 e. The van der Waals surface area contributed by atoms with E-state index in [4.69, 9.17) is 42.8 Å². The average Bonchev–Trinajstić information content (AvgIpc) is 2.83. The van der Waals surface area contributed by atoms with Crippen LogP contribution in [0.3, 0.4) is 0 Å². The van der Waals surface area contributed by atoms with E-state index in [0.29, 0.717) is 26.2 Å². The van der Waals surface area contributed by atoms with E-state index in [1.807, 2.05) is 34.6 Å². The lowest BCUT2D eigenvalue weighted by atomic mass is 10.2. The molecule has 0 aromatic carbocycles. The average molecular weight is 526 g/mol. The van der Waals surface area contributed by atoms with Crippen LogP contribution in [-0.4, -0.2) is 125 Å². The lowest BCUT2D eigenvalue weighted by molar-refractivity contribution is -0.0741. The van der Waals surface area contributed by atoms with Crippen molar-refractivity contribution in [2.24, 2.45) is 0 Å². The van der Waals surface area contributed by atoms with Crippen LogP contribution in [0, 0.1) is 0 Å². The first kappa shape index (κ1) is 35.6. The molecule has 11 nitrogen and oxygen atoms in total. The van der Waals surface area contributed by atoms with Crippen LogP contribution in [0.5, 0.6) is 0 Å². The van der Waals surface area contributed by atoms with Crippen LogP contribution in [-0.2, 0) is 37.6 Å². The van der Waals surface area contributed by atoms with Crippen molar-refractivity contribution in [3.8, 4) is 0 Å². The van der Waals surface area contributed by atoms with Gasteiger partial charge >= 0.3 is 7.32 Å². The van der Waals surface area contributed by atoms with Crippen molar-refractivity contribution in [3.63, 3.8) is 0 Å². The fourth-order valence-corrected chi connectivity index (χ4v) is 2.58. The minimum atomic E-state index is -0.946. The number of hydrogen-bond donors (Lipinski definition) is 3. The SMILES string of the molecule is CC(O)COC(C)COC(C)COB(OCC(C)OCCCO)OCC(C)OCC(C)OCC(C)O. The summed E-state index contributed by atoms with van der Waals surface area (Å²) in [6.45, 7) is 15.1. The molecule has 0 aliphatic heterocycles. The van der Waals surface area contributed by atoms with Gasteiger partial charge in [0.1, 0.15) is 0 Å². The van der Waals surface area contributed by atoms with Crippen molar-refractivity contribution in [2.45, 2.75) is 97.6 Å². The molecule has 0 spiro atoms. The van der Waals surface area contributed by atoms with Crippen LogP contribution in [0.2, 0.25) is 0 Å². The summed E-state index contributed by atoms with van der Waals surface area (Å²) in [6.07, 6.45) is -1.49. The van der Waals surface area contributed by atoms with Crippen molar-refractivity contribution in [3.05, 3.63) is 0 Å². The fraction of sp³-hybridized carbons (Fsp3) is 1.00. The van der Waals surface area contributed by atoms with E-state index in [1.165, 1.54) is 0 Å². The second-order valence-corrected chi connectivity index (χ2v) is 9.32. The molecule has 0 amide bonds. The number of hydrogen-bond acceptors (Lipinski definition) is 11. The predicted molar refractivity (Wildman–Crippen MR) is 136 cm³/mol. The van der Waals surface area contributed by atoms with E-state index in [9.17, 15) is 10.2 Å². The van der Waals surface area contributed by atoms with E-state index >= 15 is 0 Å². The molecule has 0 radical (unpaired) electrons. The van der Waals surface area contributed by atoms with Gasteiger partial charge in [-0.25, -0.2) is 0 Å². The van der Waals surface area contributed by atoms with E-state index in [-0.39, 0.29) is 70.2 Å². The second-order valence-electron chi connectivity index (χ2n) is 9.32. The molecule has 12 heteroatoms. The van der Waals surface area contributed by atoms with Gasteiger partial charge in [-0.2, -0.15) is 0 Å². The van der Waals surface area contributed by atoms with E-state index in [2.05, 4.69) is 0 Å². The Labute approximate surface area is 217 Å². The number of aliphatic hydroxyl groups excluding tert-OH is 3. The Kier molecular flexibility index (Phi) is 22.4. The van der Waals surface area contributed by atoms with Crippen molar-refractivity contribution >= 4 is 7.32 Å². The zero-order chi connectivity index (χ0) is 27.3. The third-order valence-corrected chi connectivity index (χ3v) is 4.58. The topological polar surface area (TPSA) is 135 Å². The highest BCUT2D eigenvalue weighted by Crippen LogP contribution is 2.05. The molecule has 0 saturated heterocycles. The third kappa shape index (κ3) is 22.8. The van der Waals surface area contributed by atoms with Crippen LogP contribution in [0.15, 0.2) is 0 Å². The molecular weight excluding hydrogens is 475 g/mol. The first-order chi connectivity index (χ1) is 17.0. The molecule has 7 unspecified atom stereocenters. The van der Waals surface area contributed by atoms with Gasteiger partial charge in [0, 0.05) is 13.2 Å². The number of rotatable bonds is 25. The lowest BCUT2D eigenvalue weighted by Gasteiger charge is -2.23. The maximum atomic E-state index is 9.31. The first-order valence-corrected chi connectivity index (χ1v) is 12.9. The monoisotopic (exact) mass is 526 g/mol. The summed E-state index contributed by atoms with van der Waals surface area (Å²) in [4.78, 5) is 0. The summed E-state index contributed by atoms with van der Waals surface area (Å²) in [7, 11) is -0.946. The zero-order valence-electron chi connectivity index (χ0n) is 23.3. The van der Waals surface area contributed by atoms with E-state index < -0.39 is 19.5 Å². The van der Waals surface area contributed by atoms with Crippen molar-refractivity contribution in [2.75, 3.05) is 59.5 Å². The Balaban J connectivity index is 4.51. The standard InChI is InChI=1S/C24H51BO11/c1-18(27)11-30-20(3)13-32-23(6)16-35-25(34-15-22(5)29-10-8-9-26)36-17-24(7)33-14-21(4)31-12-19(2)28/h18-24,26-28H,8-17H2,1-7H3.